The topological polar surface area (TPSA) is 26.0 Å². The molecule has 0 spiro atoms. The van der Waals surface area contributed by atoms with Gasteiger partial charge in [-0.25, -0.2) is 4.39 Å². The number of hydrogen-bond donors (Lipinski definition) is 1. The maximum atomic E-state index is 12.7. The predicted octanol–water partition coefficient (Wildman–Crippen LogP) is 1.23. The van der Waals surface area contributed by atoms with Gasteiger partial charge in [-0.3, -0.25) is 0 Å². The Bertz CT molecular complexity index is 86.5. The van der Waals surface area contributed by atoms with E-state index in [9.17, 15) is 4.39 Å². The number of nitrogens with two attached hydrogens (primary N) is 1. The van der Waals surface area contributed by atoms with Crippen molar-refractivity contribution in [3.63, 3.8) is 0 Å². The molecule has 1 fully saturated rings. The average molecular weight is 117 g/mol. The maximum Gasteiger partial charge on any atom is 0.112 e. The fourth-order valence-electron chi connectivity index (χ4n) is 0.917. The lowest BCUT2D eigenvalue weighted by atomic mass is 10.1. The van der Waals surface area contributed by atoms with Crippen LogP contribution in [0.3, 0.4) is 0 Å². The van der Waals surface area contributed by atoms with Gasteiger partial charge in [0.15, 0.2) is 0 Å². The molecule has 1 aliphatic rings. The highest BCUT2D eigenvalue weighted by atomic mass is 19.1. The van der Waals surface area contributed by atoms with Crippen molar-refractivity contribution in [2.75, 3.05) is 0 Å². The number of hydrogen-bond acceptors (Lipinski definition) is 1. The Morgan fingerprint density at radius 2 is 2.25 bits per heavy atom. The van der Waals surface area contributed by atoms with Gasteiger partial charge in [0.1, 0.15) is 5.67 Å². The van der Waals surface area contributed by atoms with E-state index < -0.39 is 5.67 Å². The summed E-state index contributed by atoms with van der Waals surface area (Å²) in [6.07, 6.45) is 2.01. The molecule has 0 aliphatic heterocycles. The van der Waals surface area contributed by atoms with Gasteiger partial charge in [0.25, 0.3) is 0 Å². The van der Waals surface area contributed by atoms with Crippen LogP contribution >= 0.6 is 0 Å². The van der Waals surface area contributed by atoms with E-state index in [1.54, 1.807) is 0 Å². The summed E-state index contributed by atoms with van der Waals surface area (Å²) in [7, 11) is 0. The van der Waals surface area contributed by atoms with Gasteiger partial charge in [-0.15, -0.1) is 0 Å². The summed E-state index contributed by atoms with van der Waals surface area (Å²) in [4.78, 5) is 0. The predicted molar refractivity (Wildman–Crippen MR) is 31.3 cm³/mol. The molecule has 48 valence electrons. The lowest BCUT2D eigenvalue weighted by molar-refractivity contribution is 0.275. The molecule has 0 amide bonds. The van der Waals surface area contributed by atoms with Crippen LogP contribution in [0.2, 0.25) is 0 Å². The van der Waals surface area contributed by atoms with Gasteiger partial charge in [-0.05, 0) is 26.2 Å². The molecule has 2 heteroatoms. The van der Waals surface area contributed by atoms with Gasteiger partial charge in [0, 0.05) is 6.04 Å². The van der Waals surface area contributed by atoms with E-state index in [2.05, 4.69) is 0 Å². The Morgan fingerprint density at radius 3 is 2.38 bits per heavy atom. The summed E-state index contributed by atoms with van der Waals surface area (Å²) in [6.45, 7) is 1.85. The summed E-state index contributed by atoms with van der Waals surface area (Å²) < 4.78 is 12.7. The minimum Gasteiger partial charge on any atom is -0.328 e. The van der Waals surface area contributed by atoms with Crippen LogP contribution in [0.5, 0.6) is 0 Å². The molecule has 0 saturated heterocycles. The third-order valence-electron chi connectivity index (χ3n) is 1.48. The zero-order valence-electron chi connectivity index (χ0n) is 5.15. The number of halogens is 1. The molecule has 8 heavy (non-hydrogen) atoms. The van der Waals surface area contributed by atoms with Crippen LogP contribution in [0, 0.1) is 0 Å². The molecule has 1 rings (SSSR count). The molecule has 0 radical (unpaired) electrons. The van der Waals surface area contributed by atoms with E-state index in [0.717, 1.165) is 12.8 Å². The van der Waals surface area contributed by atoms with Crippen LogP contribution in [0.25, 0.3) is 0 Å². The van der Waals surface area contributed by atoms with Crippen molar-refractivity contribution in [1.29, 1.82) is 0 Å². The highest BCUT2D eigenvalue weighted by Crippen LogP contribution is 2.43. The second kappa shape index (κ2) is 1.69. The molecule has 0 aromatic carbocycles. The zero-order valence-corrected chi connectivity index (χ0v) is 5.15. The lowest BCUT2D eigenvalue weighted by Crippen LogP contribution is -2.20. The molecule has 1 aliphatic carbocycles. The smallest absolute Gasteiger partial charge is 0.112 e. The van der Waals surface area contributed by atoms with Crippen LogP contribution in [-0.4, -0.2) is 11.7 Å². The van der Waals surface area contributed by atoms with Crippen molar-refractivity contribution in [3.05, 3.63) is 0 Å². The first-order valence-electron chi connectivity index (χ1n) is 3.07. The van der Waals surface area contributed by atoms with E-state index in [-0.39, 0.29) is 6.04 Å². The van der Waals surface area contributed by atoms with Crippen molar-refractivity contribution in [2.45, 2.75) is 37.9 Å². The van der Waals surface area contributed by atoms with Crippen LogP contribution in [0.1, 0.15) is 26.2 Å². The Kier molecular flexibility index (Phi) is 1.27. The summed E-state index contributed by atoms with van der Waals surface area (Å²) in [5.74, 6) is 0. The molecule has 2 N–H and O–H groups in total. The molecule has 1 atom stereocenters. The largest absolute Gasteiger partial charge is 0.328 e. The monoisotopic (exact) mass is 117 g/mol. The quantitative estimate of drug-likeness (QED) is 0.578. The third kappa shape index (κ3) is 1.44. The first-order valence-corrected chi connectivity index (χ1v) is 3.07. The standard InChI is InChI=1S/C6H12FN/c1-5(8)4-6(7)2-3-6/h5H,2-4,8H2,1H3. The van der Waals surface area contributed by atoms with Crippen LogP contribution in [0.15, 0.2) is 0 Å². The molecular weight excluding hydrogens is 105 g/mol. The maximum absolute atomic E-state index is 12.7. The minimum absolute atomic E-state index is 0.0301. The summed E-state index contributed by atoms with van der Waals surface area (Å²) in [6, 6.07) is 0.0301. The van der Waals surface area contributed by atoms with Gasteiger partial charge in [0.05, 0.1) is 0 Å². The highest BCUT2D eigenvalue weighted by molar-refractivity contribution is 4.95. The number of rotatable bonds is 2. The van der Waals surface area contributed by atoms with Crippen molar-refractivity contribution in [3.8, 4) is 0 Å². The van der Waals surface area contributed by atoms with Gasteiger partial charge in [0.2, 0.25) is 0 Å². The van der Waals surface area contributed by atoms with Gasteiger partial charge in [-0.2, -0.15) is 0 Å². The van der Waals surface area contributed by atoms with E-state index >= 15 is 0 Å². The first-order chi connectivity index (χ1) is 3.62. The zero-order chi connectivity index (χ0) is 6.20. The molecule has 0 heterocycles. The SMILES string of the molecule is CC(N)CC1(F)CC1. The fraction of sp³-hybridized carbons (Fsp3) is 1.00. The third-order valence-corrected chi connectivity index (χ3v) is 1.48. The van der Waals surface area contributed by atoms with Crippen LogP contribution in [0.4, 0.5) is 4.39 Å². The van der Waals surface area contributed by atoms with Crippen molar-refractivity contribution >= 4 is 0 Å². The number of alkyl halides is 1. The van der Waals surface area contributed by atoms with Gasteiger partial charge >= 0.3 is 0 Å². The van der Waals surface area contributed by atoms with Crippen LogP contribution in [-0.2, 0) is 0 Å². The summed E-state index contributed by atoms with van der Waals surface area (Å²) in [5.41, 5.74) is 4.53. The van der Waals surface area contributed by atoms with E-state index in [1.807, 2.05) is 6.92 Å². The summed E-state index contributed by atoms with van der Waals surface area (Å²) in [5, 5.41) is 0. The lowest BCUT2D eigenvalue weighted by Gasteiger charge is -2.06. The Labute approximate surface area is 49.1 Å². The molecule has 0 aromatic heterocycles. The average Bonchev–Trinajstić information content (AvgIpc) is 2.17. The fourth-order valence-corrected chi connectivity index (χ4v) is 0.917. The van der Waals surface area contributed by atoms with E-state index in [4.69, 9.17) is 5.73 Å². The first kappa shape index (κ1) is 6.02. The van der Waals surface area contributed by atoms with Gasteiger partial charge < -0.3 is 5.73 Å². The molecule has 1 nitrogen and oxygen atoms in total. The minimum atomic E-state index is -0.853. The Hall–Kier alpha value is -0.110. The van der Waals surface area contributed by atoms with Crippen molar-refractivity contribution < 1.29 is 4.39 Å². The summed E-state index contributed by atoms with van der Waals surface area (Å²) >= 11 is 0. The Balaban J connectivity index is 2.19. The Morgan fingerprint density at radius 1 is 1.75 bits per heavy atom. The second-order valence-electron chi connectivity index (χ2n) is 2.83. The highest BCUT2D eigenvalue weighted by Gasteiger charge is 2.43. The molecule has 1 saturated carbocycles. The van der Waals surface area contributed by atoms with Gasteiger partial charge in [-0.1, -0.05) is 0 Å². The molecule has 0 bridgehead atoms. The second-order valence-corrected chi connectivity index (χ2v) is 2.83. The molecular formula is C6H12FN. The van der Waals surface area contributed by atoms with E-state index in [1.165, 1.54) is 0 Å². The van der Waals surface area contributed by atoms with E-state index in [0.29, 0.717) is 6.42 Å². The molecule has 1 unspecified atom stereocenters. The van der Waals surface area contributed by atoms with Crippen LogP contribution < -0.4 is 5.73 Å². The van der Waals surface area contributed by atoms with Crippen molar-refractivity contribution in [2.24, 2.45) is 5.73 Å². The molecule has 0 aromatic rings. The normalized spacial score (nSPS) is 27.4. The van der Waals surface area contributed by atoms with Crippen molar-refractivity contribution in [1.82, 2.24) is 0 Å².